The standard InChI is InChI=1S/C8H13NO/c9-5-8(6-10)7-3-1-2-4-7/h7-8,10H,1-4,6H2/t8-/m0/s1. The van der Waals surface area contributed by atoms with Crippen LogP contribution in [0, 0.1) is 23.2 Å². The molecule has 0 aromatic carbocycles. The number of nitriles is 1. The molecular formula is C8H13NO. The maximum atomic E-state index is 8.76. The van der Waals surface area contributed by atoms with Crippen LogP contribution in [0.15, 0.2) is 0 Å². The Labute approximate surface area is 61.5 Å². The van der Waals surface area contributed by atoms with Crippen molar-refractivity contribution in [1.82, 2.24) is 0 Å². The minimum atomic E-state index is -0.0949. The van der Waals surface area contributed by atoms with Crippen LogP contribution in [0.2, 0.25) is 0 Å². The Kier molecular flexibility index (Phi) is 2.70. The lowest BCUT2D eigenvalue weighted by molar-refractivity contribution is 0.214. The van der Waals surface area contributed by atoms with Crippen molar-refractivity contribution < 1.29 is 5.11 Å². The summed E-state index contributed by atoms with van der Waals surface area (Å²) < 4.78 is 0. The summed E-state index contributed by atoms with van der Waals surface area (Å²) in [5.74, 6) is 0.387. The van der Waals surface area contributed by atoms with E-state index >= 15 is 0 Å². The molecule has 0 aromatic rings. The SMILES string of the molecule is N#C[C@@H](CO)C1CCCC1. The number of aliphatic hydroxyl groups is 1. The third-order valence-corrected chi connectivity index (χ3v) is 2.33. The molecule has 2 nitrogen and oxygen atoms in total. The molecule has 0 spiro atoms. The minimum absolute atomic E-state index is 0.0428. The van der Waals surface area contributed by atoms with Gasteiger partial charge in [0.2, 0.25) is 0 Å². The second-order valence-electron chi connectivity index (χ2n) is 2.96. The van der Waals surface area contributed by atoms with Gasteiger partial charge in [0.05, 0.1) is 18.6 Å². The smallest absolute Gasteiger partial charge is 0.0722 e. The molecule has 1 atom stereocenters. The lowest BCUT2D eigenvalue weighted by atomic mass is 9.93. The second kappa shape index (κ2) is 3.58. The summed E-state index contributed by atoms with van der Waals surface area (Å²) in [7, 11) is 0. The highest BCUT2D eigenvalue weighted by Gasteiger charge is 2.23. The summed E-state index contributed by atoms with van der Waals surface area (Å²) in [6.45, 7) is 0.0428. The van der Waals surface area contributed by atoms with Crippen LogP contribution in [0.4, 0.5) is 0 Å². The van der Waals surface area contributed by atoms with Crippen LogP contribution in [-0.4, -0.2) is 11.7 Å². The molecule has 0 radical (unpaired) electrons. The first-order valence-electron chi connectivity index (χ1n) is 3.89. The molecule has 1 saturated carbocycles. The third kappa shape index (κ3) is 1.48. The van der Waals surface area contributed by atoms with Gasteiger partial charge in [-0.15, -0.1) is 0 Å². The summed E-state index contributed by atoms with van der Waals surface area (Å²) in [6, 6.07) is 2.14. The molecule has 1 aliphatic carbocycles. The molecule has 1 rings (SSSR count). The predicted octanol–water partition coefficient (Wildman–Crippen LogP) is 1.31. The monoisotopic (exact) mass is 139 g/mol. The predicted molar refractivity (Wildman–Crippen MR) is 38.1 cm³/mol. The van der Waals surface area contributed by atoms with Crippen LogP contribution < -0.4 is 0 Å². The molecule has 1 aliphatic rings. The Balaban J connectivity index is 2.38. The zero-order valence-electron chi connectivity index (χ0n) is 6.08. The van der Waals surface area contributed by atoms with Gasteiger partial charge >= 0.3 is 0 Å². The van der Waals surface area contributed by atoms with Crippen LogP contribution in [-0.2, 0) is 0 Å². The number of rotatable bonds is 2. The van der Waals surface area contributed by atoms with Crippen molar-refractivity contribution in [2.45, 2.75) is 25.7 Å². The third-order valence-electron chi connectivity index (χ3n) is 2.33. The maximum Gasteiger partial charge on any atom is 0.0722 e. The van der Waals surface area contributed by atoms with E-state index in [1.54, 1.807) is 0 Å². The van der Waals surface area contributed by atoms with Gasteiger partial charge in [0.15, 0.2) is 0 Å². The number of hydrogen-bond donors (Lipinski definition) is 1. The first-order valence-corrected chi connectivity index (χ1v) is 3.89. The van der Waals surface area contributed by atoms with E-state index in [1.807, 2.05) is 0 Å². The Morgan fingerprint density at radius 3 is 2.50 bits per heavy atom. The fraction of sp³-hybridized carbons (Fsp3) is 0.875. The van der Waals surface area contributed by atoms with E-state index in [9.17, 15) is 0 Å². The van der Waals surface area contributed by atoms with Crippen molar-refractivity contribution in [1.29, 1.82) is 5.26 Å². The van der Waals surface area contributed by atoms with Gasteiger partial charge in [-0.3, -0.25) is 0 Å². The lowest BCUT2D eigenvalue weighted by Gasteiger charge is -2.11. The van der Waals surface area contributed by atoms with E-state index in [1.165, 1.54) is 12.8 Å². The quantitative estimate of drug-likeness (QED) is 0.626. The lowest BCUT2D eigenvalue weighted by Crippen LogP contribution is -2.13. The molecule has 0 aromatic heterocycles. The van der Waals surface area contributed by atoms with Crippen LogP contribution in [0.25, 0.3) is 0 Å². The molecule has 0 aliphatic heterocycles. The molecule has 0 bridgehead atoms. The van der Waals surface area contributed by atoms with Gasteiger partial charge in [0.1, 0.15) is 0 Å². The average Bonchev–Trinajstić information content (AvgIpc) is 2.43. The van der Waals surface area contributed by atoms with E-state index in [0.717, 1.165) is 12.8 Å². The van der Waals surface area contributed by atoms with E-state index in [0.29, 0.717) is 5.92 Å². The summed E-state index contributed by atoms with van der Waals surface area (Å²) in [5.41, 5.74) is 0. The maximum absolute atomic E-state index is 8.76. The van der Waals surface area contributed by atoms with Gasteiger partial charge in [-0.05, 0) is 18.8 Å². The molecule has 2 heteroatoms. The van der Waals surface area contributed by atoms with Gasteiger partial charge in [0, 0.05) is 0 Å². The molecule has 1 fully saturated rings. The van der Waals surface area contributed by atoms with Crippen LogP contribution in [0.3, 0.4) is 0 Å². The normalized spacial score (nSPS) is 22.4. The van der Waals surface area contributed by atoms with Gasteiger partial charge in [-0.1, -0.05) is 12.8 Å². The highest BCUT2D eigenvalue weighted by atomic mass is 16.3. The van der Waals surface area contributed by atoms with Crippen molar-refractivity contribution in [3.8, 4) is 6.07 Å². The number of aliphatic hydroxyl groups excluding tert-OH is 1. The van der Waals surface area contributed by atoms with Crippen LogP contribution >= 0.6 is 0 Å². The van der Waals surface area contributed by atoms with Crippen molar-refractivity contribution >= 4 is 0 Å². The fourth-order valence-corrected chi connectivity index (χ4v) is 1.66. The van der Waals surface area contributed by atoms with Crippen molar-refractivity contribution in [3.05, 3.63) is 0 Å². The van der Waals surface area contributed by atoms with Crippen molar-refractivity contribution in [2.24, 2.45) is 11.8 Å². The first-order chi connectivity index (χ1) is 4.88. The molecular weight excluding hydrogens is 126 g/mol. The fourth-order valence-electron chi connectivity index (χ4n) is 1.66. The van der Waals surface area contributed by atoms with Crippen molar-refractivity contribution in [3.63, 3.8) is 0 Å². The van der Waals surface area contributed by atoms with Crippen molar-refractivity contribution in [2.75, 3.05) is 6.61 Å². The highest BCUT2D eigenvalue weighted by molar-refractivity contribution is 4.89. The van der Waals surface area contributed by atoms with E-state index < -0.39 is 0 Å². The summed E-state index contributed by atoms with van der Waals surface area (Å²) in [4.78, 5) is 0. The zero-order valence-corrected chi connectivity index (χ0v) is 6.08. The summed E-state index contributed by atoms with van der Waals surface area (Å²) in [6.07, 6.45) is 4.75. The van der Waals surface area contributed by atoms with Gasteiger partial charge < -0.3 is 5.11 Å². The molecule has 56 valence electrons. The first kappa shape index (κ1) is 7.56. The van der Waals surface area contributed by atoms with Crippen LogP contribution in [0.1, 0.15) is 25.7 Å². The highest BCUT2D eigenvalue weighted by Crippen LogP contribution is 2.30. The Hall–Kier alpha value is -0.550. The minimum Gasteiger partial charge on any atom is -0.395 e. The van der Waals surface area contributed by atoms with Gasteiger partial charge in [-0.25, -0.2) is 0 Å². The van der Waals surface area contributed by atoms with E-state index in [2.05, 4.69) is 6.07 Å². The number of nitrogens with zero attached hydrogens (tertiary/aromatic N) is 1. The van der Waals surface area contributed by atoms with Gasteiger partial charge in [0.25, 0.3) is 0 Å². The van der Waals surface area contributed by atoms with Crippen LogP contribution in [0.5, 0.6) is 0 Å². The molecule has 10 heavy (non-hydrogen) atoms. The Morgan fingerprint density at radius 2 is 2.10 bits per heavy atom. The van der Waals surface area contributed by atoms with Gasteiger partial charge in [-0.2, -0.15) is 5.26 Å². The molecule has 0 heterocycles. The molecule has 0 unspecified atom stereocenters. The second-order valence-corrected chi connectivity index (χ2v) is 2.96. The zero-order chi connectivity index (χ0) is 7.40. The molecule has 0 amide bonds. The van der Waals surface area contributed by atoms with E-state index in [4.69, 9.17) is 10.4 Å². The summed E-state index contributed by atoms with van der Waals surface area (Å²) >= 11 is 0. The largest absolute Gasteiger partial charge is 0.395 e. The average molecular weight is 139 g/mol. The molecule has 1 N–H and O–H groups in total. The Bertz CT molecular complexity index is 133. The Morgan fingerprint density at radius 1 is 1.50 bits per heavy atom. The topological polar surface area (TPSA) is 44.0 Å². The number of hydrogen-bond acceptors (Lipinski definition) is 2. The van der Waals surface area contributed by atoms with E-state index in [-0.39, 0.29) is 12.5 Å². The summed E-state index contributed by atoms with van der Waals surface area (Å²) in [5, 5.41) is 17.3. The molecule has 0 saturated heterocycles.